The summed E-state index contributed by atoms with van der Waals surface area (Å²) in [4.78, 5) is 2.31. The summed E-state index contributed by atoms with van der Waals surface area (Å²) >= 11 is 0. The molecule has 0 bridgehead atoms. The SMILES string of the molecule is CCCNCCN(C)Cc1ccc2n[nH]nc2c1. The van der Waals surface area contributed by atoms with Crippen molar-refractivity contribution >= 4 is 11.0 Å². The fourth-order valence-electron chi connectivity index (χ4n) is 1.95. The number of fused-ring (bicyclic) bond motifs is 1. The summed E-state index contributed by atoms with van der Waals surface area (Å²) in [7, 11) is 2.14. The number of H-pyrrole nitrogens is 1. The molecule has 0 saturated heterocycles. The Bertz CT molecular complexity index is 479. The number of aromatic nitrogens is 3. The maximum Gasteiger partial charge on any atom is 0.113 e. The average Bonchev–Trinajstić information content (AvgIpc) is 2.82. The van der Waals surface area contributed by atoms with E-state index in [1.165, 1.54) is 12.0 Å². The maximum atomic E-state index is 4.11. The molecule has 0 unspecified atom stereocenters. The molecule has 0 amide bonds. The van der Waals surface area contributed by atoms with E-state index in [2.05, 4.69) is 51.7 Å². The third-order valence-electron chi connectivity index (χ3n) is 2.93. The van der Waals surface area contributed by atoms with Gasteiger partial charge >= 0.3 is 0 Å². The van der Waals surface area contributed by atoms with Crippen molar-refractivity contribution in [1.29, 1.82) is 0 Å². The molecule has 98 valence electrons. The van der Waals surface area contributed by atoms with Gasteiger partial charge in [-0.2, -0.15) is 15.4 Å². The Kier molecular flexibility index (Phi) is 4.66. The molecule has 0 spiro atoms. The highest BCUT2D eigenvalue weighted by Gasteiger charge is 2.03. The van der Waals surface area contributed by atoms with Crippen molar-refractivity contribution in [2.24, 2.45) is 0 Å². The number of likely N-dealkylation sites (N-methyl/N-ethyl adjacent to an activating group) is 1. The lowest BCUT2D eigenvalue weighted by molar-refractivity contribution is 0.325. The van der Waals surface area contributed by atoms with E-state index in [-0.39, 0.29) is 0 Å². The third-order valence-corrected chi connectivity index (χ3v) is 2.93. The zero-order valence-electron chi connectivity index (χ0n) is 11.1. The van der Waals surface area contributed by atoms with Crippen molar-refractivity contribution in [3.63, 3.8) is 0 Å². The van der Waals surface area contributed by atoms with E-state index < -0.39 is 0 Å². The van der Waals surface area contributed by atoms with Crippen LogP contribution in [-0.2, 0) is 6.54 Å². The average molecular weight is 247 g/mol. The van der Waals surface area contributed by atoms with Crippen LogP contribution in [0.15, 0.2) is 18.2 Å². The molecular formula is C13H21N5. The number of hydrogen-bond acceptors (Lipinski definition) is 4. The summed E-state index contributed by atoms with van der Waals surface area (Å²) < 4.78 is 0. The van der Waals surface area contributed by atoms with Gasteiger partial charge in [0.15, 0.2) is 0 Å². The number of hydrogen-bond donors (Lipinski definition) is 2. The maximum absolute atomic E-state index is 4.11. The lowest BCUT2D eigenvalue weighted by Gasteiger charge is -2.16. The van der Waals surface area contributed by atoms with E-state index in [0.717, 1.165) is 37.2 Å². The fraction of sp³-hybridized carbons (Fsp3) is 0.538. The number of aromatic amines is 1. The Balaban J connectivity index is 1.84. The Morgan fingerprint density at radius 1 is 1.22 bits per heavy atom. The molecule has 0 aliphatic rings. The van der Waals surface area contributed by atoms with E-state index in [9.17, 15) is 0 Å². The van der Waals surface area contributed by atoms with Gasteiger partial charge in [-0.25, -0.2) is 0 Å². The molecule has 0 atom stereocenters. The largest absolute Gasteiger partial charge is 0.315 e. The van der Waals surface area contributed by atoms with E-state index >= 15 is 0 Å². The van der Waals surface area contributed by atoms with Crippen LogP contribution in [0.1, 0.15) is 18.9 Å². The van der Waals surface area contributed by atoms with Gasteiger partial charge in [0, 0.05) is 19.6 Å². The summed E-state index contributed by atoms with van der Waals surface area (Å²) in [6, 6.07) is 6.22. The van der Waals surface area contributed by atoms with Crippen molar-refractivity contribution in [3.05, 3.63) is 23.8 Å². The van der Waals surface area contributed by atoms with Crippen LogP contribution in [0.3, 0.4) is 0 Å². The highest BCUT2D eigenvalue weighted by atomic mass is 15.3. The zero-order valence-corrected chi connectivity index (χ0v) is 11.1. The Hall–Kier alpha value is -1.46. The highest BCUT2D eigenvalue weighted by molar-refractivity contribution is 5.74. The zero-order chi connectivity index (χ0) is 12.8. The minimum absolute atomic E-state index is 0.922. The predicted octanol–water partition coefficient (Wildman–Crippen LogP) is 1.39. The Morgan fingerprint density at radius 3 is 2.89 bits per heavy atom. The molecule has 5 heteroatoms. The first-order valence-corrected chi connectivity index (χ1v) is 6.48. The highest BCUT2D eigenvalue weighted by Crippen LogP contribution is 2.11. The Labute approximate surface area is 108 Å². The van der Waals surface area contributed by atoms with E-state index in [1.54, 1.807) is 0 Å². The second-order valence-corrected chi connectivity index (χ2v) is 4.63. The van der Waals surface area contributed by atoms with Gasteiger partial charge in [-0.1, -0.05) is 13.0 Å². The first-order chi connectivity index (χ1) is 8.79. The monoisotopic (exact) mass is 247 g/mol. The summed E-state index contributed by atoms with van der Waals surface area (Å²) in [5, 5.41) is 14.2. The van der Waals surface area contributed by atoms with E-state index in [0.29, 0.717) is 0 Å². The predicted molar refractivity (Wildman–Crippen MR) is 73.4 cm³/mol. The van der Waals surface area contributed by atoms with Gasteiger partial charge in [0.2, 0.25) is 0 Å². The van der Waals surface area contributed by atoms with Crippen LogP contribution in [0.4, 0.5) is 0 Å². The van der Waals surface area contributed by atoms with Crippen LogP contribution in [0.2, 0.25) is 0 Å². The van der Waals surface area contributed by atoms with Gasteiger partial charge in [0.05, 0.1) is 0 Å². The molecule has 1 aromatic heterocycles. The molecule has 2 rings (SSSR count). The second kappa shape index (κ2) is 6.47. The first kappa shape index (κ1) is 13.0. The van der Waals surface area contributed by atoms with Gasteiger partial charge < -0.3 is 10.2 Å². The van der Waals surface area contributed by atoms with Gasteiger partial charge in [-0.05, 0) is 37.7 Å². The molecular weight excluding hydrogens is 226 g/mol. The summed E-state index contributed by atoms with van der Waals surface area (Å²) in [6.45, 7) is 6.31. The molecule has 18 heavy (non-hydrogen) atoms. The van der Waals surface area contributed by atoms with Crippen LogP contribution >= 0.6 is 0 Å². The minimum atomic E-state index is 0.922. The number of benzene rings is 1. The quantitative estimate of drug-likeness (QED) is 0.726. The lowest BCUT2D eigenvalue weighted by atomic mass is 10.2. The molecule has 1 heterocycles. The van der Waals surface area contributed by atoms with Gasteiger partial charge in [-0.3, -0.25) is 0 Å². The molecule has 0 radical (unpaired) electrons. The molecule has 0 saturated carbocycles. The van der Waals surface area contributed by atoms with Crippen LogP contribution < -0.4 is 5.32 Å². The third kappa shape index (κ3) is 3.51. The minimum Gasteiger partial charge on any atom is -0.315 e. The Morgan fingerprint density at radius 2 is 2.06 bits per heavy atom. The molecule has 2 aromatic rings. The van der Waals surface area contributed by atoms with Crippen molar-refractivity contribution in [1.82, 2.24) is 25.6 Å². The molecule has 5 nitrogen and oxygen atoms in total. The topological polar surface area (TPSA) is 56.8 Å². The molecule has 2 N–H and O–H groups in total. The van der Waals surface area contributed by atoms with Crippen molar-refractivity contribution < 1.29 is 0 Å². The lowest BCUT2D eigenvalue weighted by Crippen LogP contribution is -2.29. The molecule has 1 aromatic carbocycles. The molecule has 0 aliphatic carbocycles. The van der Waals surface area contributed by atoms with Crippen molar-refractivity contribution in [2.75, 3.05) is 26.7 Å². The fourth-order valence-corrected chi connectivity index (χ4v) is 1.95. The molecule has 0 aliphatic heterocycles. The number of nitrogens with zero attached hydrogens (tertiary/aromatic N) is 3. The van der Waals surface area contributed by atoms with E-state index in [4.69, 9.17) is 0 Å². The van der Waals surface area contributed by atoms with Crippen LogP contribution in [-0.4, -0.2) is 47.0 Å². The summed E-state index contributed by atoms with van der Waals surface area (Å²) in [5.74, 6) is 0. The van der Waals surface area contributed by atoms with Crippen LogP contribution in [0.5, 0.6) is 0 Å². The van der Waals surface area contributed by atoms with Gasteiger partial charge in [0.1, 0.15) is 11.0 Å². The number of rotatable bonds is 7. The second-order valence-electron chi connectivity index (χ2n) is 4.63. The summed E-state index contributed by atoms with van der Waals surface area (Å²) in [6.07, 6.45) is 1.19. The van der Waals surface area contributed by atoms with Crippen molar-refractivity contribution in [2.45, 2.75) is 19.9 Å². The van der Waals surface area contributed by atoms with Gasteiger partial charge in [-0.15, -0.1) is 0 Å². The van der Waals surface area contributed by atoms with Crippen molar-refractivity contribution in [3.8, 4) is 0 Å². The van der Waals surface area contributed by atoms with Crippen LogP contribution in [0.25, 0.3) is 11.0 Å². The number of nitrogens with one attached hydrogen (secondary N) is 2. The molecule has 0 fully saturated rings. The smallest absolute Gasteiger partial charge is 0.113 e. The van der Waals surface area contributed by atoms with E-state index in [1.807, 2.05) is 6.07 Å². The van der Waals surface area contributed by atoms with Crippen LogP contribution in [0, 0.1) is 0 Å². The standard InChI is InChI=1S/C13H21N5/c1-3-6-14-7-8-18(2)10-11-4-5-12-13(9-11)16-17-15-12/h4-5,9,14H,3,6-8,10H2,1-2H3,(H,15,16,17). The normalized spacial score (nSPS) is 11.5. The first-order valence-electron chi connectivity index (χ1n) is 6.48. The van der Waals surface area contributed by atoms with Gasteiger partial charge in [0.25, 0.3) is 0 Å². The summed E-state index contributed by atoms with van der Waals surface area (Å²) in [5.41, 5.74) is 3.13.